The van der Waals surface area contributed by atoms with E-state index in [1.165, 1.54) is 12.1 Å². The molecule has 1 aliphatic rings. The Labute approximate surface area is 241 Å². The molecule has 0 aromatic heterocycles. The molecule has 3 nitrogen and oxygen atoms in total. The van der Waals surface area contributed by atoms with Crippen molar-refractivity contribution in [2.24, 2.45) is 0 Å². The quantitative estimate of drug-likeness (QED) is 0.229. The van der Waals surface area contributed by atoms with Crippen LogP contribution in [-0.2, 0) is 13.7 Å². The summed E-state index contributed by atoms with van der Waals surface area (Å²) in [6.07, 6.45) is -8.22. The smallest absolute Gasteiger partial charge is 0.211 e. The standard InChI is InChI=1S/C22H14F18O3S2/c23-13-7-8-14(12-6-2-1-5-11(12)13)44(9-3-4-10-44)43-45(41,42)22(39,40)20(34,35)18(30,31)16(26,27)15(24,25)17(28,29)19(32,33)21(36,37)38/h1-2,5-8H,3-4,9-10H2. The van der Waals surface area contributed by atoms with E-state index < -0.39 is 89.6 Å². The minimum absolute atomic E-state index is 0.151. The van der Waals surface area contributed by atoms with Crippen molar-refractivity contribution in [2.45, 2.75) is 64.7 Å². The summed E-state index contributed by atoms with van der Waals surface area (Å²) >= 11 is 0. The number of rotatable bonds is 10. The lowest BCUT2D eigenvalue weighted by Gasteiger charge is -2.43. The lowest BCUT2D eigenvalue weighted by molar-refractivity contribution is -0.458. The van der Waals surface area contributed by atoms with Crippen LogP contribution in [0.2, 0.25) is 0 Å². The predicted molar refractivity (Wildman–Crippen MR) is 119 cm³/mol. The molecule has 3 rings (SSSR count). The Morgan fingerprint density at radius 2 is 0.956 bits per heavy atom. The summed E-state index contributed by atoms with van der Waals surface area (Å²) in [5.74, 6) is -54.5. The zero-order chi connectivity index (χ0) is 35.1. The summed E-state index contributed by atoms with van der Waals surface area (Å²) in [6, 6.07) is 5.89. The van der Waals surface area contributed by atoms with E-state index in [2.05, 4.69) is 3.63 Å². The Hall–Kier alpha value is -2.30. The summed E-state index contributed by atoms with van der Waals surface area (Å²) in [6.45, 7) is 0. The first-order valence-electron chi connectivity index (χ1n) is 11.5. The van der Waals surface area contributed by atoms with Crippen LogP contribution in [0.3, 0.4) is 0 Å². The Kier molecular flexibility index (Phi) is 8.76. The number of benzene rings is 2. The van der Waals surface area contributed by atoms with Crippen LogP contribution in [0.15, 0.2) is 41.3 Å². The van der Waals surface area contributed by atoms with Crippen molar-refractivity contribution in [1.82, 2.24) is 0 Å². The highest BCUT2D eigenvalue weighted by Crippen LogP contribution is 2.68. The molecule has 0 saturated carbocycles. The molecule has 0 atom stereocenters. The maximum absolute atomic E-state index is 14.7. The minimum Gasteiger partial charge on any atom is -0.211 e. The van der Waals surface area contributed by atoms with Gasteiger partial charge < -0.3 is 0 Å². The highest BCUT2D eigenvalue weighted by molar-refractivity contribution is 8.33. The van der Waals surface area contributed by atoms with Gasteiger partial charge in [0.05, 0.1) is 0 Å². The van der Waals surface area contributed by atoms with Gasteiger partial charge in [-0.25, -0.2) is 8.02 Å². The van der Waals surface area contributed by atoms with E-state index in [-0.39, 0.29) is 23.6 Å². The van der Waals surface area contributed by atoms with E-state index in [0.29, 0.717) is 6.07 Å². The molecule has 258 valence electrons. The third-order valence-electron chi connectivity index (χ3n) is 6.66. The molecule has 23 heteroatoms. The highest BCUT2D eigenvalue weighted by Gasteiger charge is 2.96. The predicted octanol–water partition coefficient (Wildman–Crippen LogP) is 9.16. The van der Waals surface area contributed by atoms with Crippen molar-refractivity contribution in [3.05, 3.63) is 42.2 Å². The van der Waals surface area contributed by atoms with E-state index in [0.717, 1.165) is 18.2 Å². The molecule has 0 spiro atoms. The van der Waals surface area contributed by atoms with Crippen LogP contribution in [-0.4, -0.2) is 66.9 Å². The molecule has 1 saturated heterocycles. The Morgan fingerprint density at radius 1 is 0.556 bits per heavy atom. The van der Waals surface area contributed by atoms with E-state index in [1.54, 1.807) is 0 Å². The first-order valence-corrected chi connectivity index (χ1v) is 14.8. The number of hydrogen-bond acceptors (Lipinski definition) is 3. The molecular formula is C22H14F18O3S2. The summed E-state index contributed by atoms with van der Waals surface area (Å²) in [5, 5.41) is -8.41. The Morgan fingerprint density at radius 3 is 1.40 bits per heavy atom. The van der Waals surface area contributed by atoms with Gasteiger partial charge in [-0.15, -0.1) is 0 Å². The number of fused-ring (bicyclic) bond motifs is 1. The average Bonchev–Trinajstić information content (AvgIpc) is 3.36. The highest BCUT2D eigenvalue weighted by atomic mass is 32.3. The van der Waals surface area contributed by atoms with Crippen LogP contribution in [0.25, 0.3) is 10.8 Å². The van der Waals surface area contributed by atoms with Crippen molar-refractivity contribution in [3.63, 3.8) is 0 Å². The van der Waals surface area contributed by atoms with Crippen molar-refractivity contribution in [1.29, 1.82) is 0 Å². The molecule has 1 aliphatic heterocycles. The first kappa shape index (κ1) is 37.2. The molecule has 2 aromatic rings. The molecule has 1 heterocycles. The zero-order valence-corrected chi connectivity index (χ0v) is 22.8. The third kappa shape index (κ3) is 5.00. The second-order valence-corrected chi connectivity index (χ2v) is 14.3. The van der Waals surface area contributed by atoms with Crippen LogP contribution in [0.4, 0.5) is 79.0 Å². The van der Waals surface area contributed by atoms with Crippen LogP contribution >= 0.6 is 10.3 Å². The van der Waals surface area contributed by atoms with Crippen molar-refractivity contribution >= 4 is 31.2 Å². The van der Waals surface area contributed by atoms with Gasteiger partial charge in [0.1, 0.15) is 5.82 Å². The normalized spacial score (nSPS) is 18.8. The summed E-state index contributed by atoms with van der Waals surface area (Å²) in [7, 11) is -11.7. The molecule has 0 radical (unpaired) electrons. The first-order chi connectivity index (χ1) is 19.9. The van der Waals surface area contributed by atoms with Gasteiger partial charge in [-0.05, 0) is 30.4 Å². The lowest BCUT2D eigenvalue weighted by Crippen LogP contribution is -2.75. The molecule has 0 N–H and O–H groups in total. The van der Waals surface area contributed by atoms with Crippen LogP contribution in [0, 0.1) is 5.82 Å². The summed E-state index contributed by atoms with van der Waals surface area (Å²) in [4.78, 5) is -0.475. The monoisotopic (exact) mass is 732 g/mol. The number of hydrogen-bond donors (Lipinski definition) is 0. The minimum atomic E-state index is -8.94. The third-order valence-corrected chi connectivity index (χ3v) is 12.4. The van der Waals surface area contributed by atoms with Gasteiger partial charge in [-0.2, -0.15) is 83.1 Å². The van der Waals surface area contributed by atoms with Crippen LogP contribution in [0.5, 0.6) is 0 Å². The summed E-state index contributed by atoms with van der Waals surface area (Å²) < 4.78 is 275. The summed E-state index contributed by atoms with van der Waals surface area (Å²) in [5.41, 5.74) is 0. The Balaban J connectivity index is 2.15. The van der Waals surface area contributed by atoms with Gasteiger partial charge in [0, 0.05) is 21.8 Å². The topological polar surface area (TPSA) is 43.4 Å². The zero-order valence-electron chi connectivity index (χ0n) is 21.1. The van der Waals surface area contributed by atoms with Gasteiger partial charge in [-0.3, -0.25) is 0 Å². The van der Waals surface area contributed by atoms with Gasteiger partial charge in [0.15, 0.2) is 0 Å². The van der Waals surface area contributed by atoms with Crippen LogP contribution in [0.1, 0.15) is 12.8 Å². The van der Waals surface area contributed by atoms with E-state index >= 15 is 0 Å². The molecule has 1 fully saturated rings. The second-order valence-electron chi connectivity index (χ2n) is 9.50. The van der Waals surface area contributed by atoms with E-state index in [4.69, 9.17) is 0 Å². The maximum Gasteiger partial charge on any atom is 0.460 e. The molecule has 0 bridgehead atoms. The molecule has 0 aliphatic carbocycles. The largest absolute Gasteiger partial charge is 0.460 e. The molecule has 0 unspecified atom stereocenters. The molecule has 45 heavy (non-hydrogen) atoms. The van der Waals surface area contributed by atoms with Crippen molar-refractivity contribution < 1.29 is 91.1 Å². The van der Waals surface area contributed by atoms with E-state index in [1.807, 2.05) is 0 Å². The SMILES string of the molecule is O=S(=O)(OS1(c2ccc(F)c3ccccc23)CCCC1)C(F)(F)C(F)(F)C(F)(F)C(F)(F)C(F)(F)C(F)(F)C(F)(F)C(F)(F)F. The maximum atomic E-state index is 14.7. The van der Waals surface area contributed by atoms with Gasteiger partial charge in [0.25, 0.3) is 0 Å². The van der Waals surface area contributed by atoms with Gasteiger partial charge in [-0.1, -0.05) is 34.6 Å². The molecular weight excluding hydrogens is 718 g/mol. The van der Waals surface area contributed by atoms with Gasteiger partial charge in [0.2, 0.25) is 0 Å². The van der Waals surface area contributed by atoms with Crippen molar-refractivity contribution in [3.8, 4) is 0 Å². The fourth-order valence-corrected chi connectivity index (χ4v) is 10.0. The molecule has 0 amide bonds. The molecule has 2 aromatic carbocycles. The number of alkyl halides is 17. The van der Waals surface area contributed by atoms with Crippen LogP contribution < -0.4 is 0 Å². The number of halogens is 18. The average molecular weight is 732 g/mol. The second kappa shape index (κ2) is 10.6. The van der Waals surface area contributed by atoms with Crippen molar-refractivity contribution in [2.75, 3.05) is 11.5 Å². The Bertz CT molecular complexity index is 1550. The van der Waals surface area contributed by atoms with E-state index in [9.17, 15) is 87.4 Å². The lowest BCUT2D eigenvalue weighted by atomic mass is 9.91. The fraction of sp³-hybridized carbons (Fsp3) is 0.545. The fourth-order valence-electron chi connectivity index (χ4n) is 4.18. The van der Waals surface area contributed by atoms with Gasteiger partial charge >= 0.3 is 57.1 Å².